The largest absolute Gasteiger partial charge is 0.493 e. The van der Waals surface area contributed by atoms with Crippen LogP contribution in [0, 0.1) is 5.82 Å². The molecule has 9 heteroatoms. The lowest BCUT2D eigenvalue weighted by Gasteiger charge is -2.19. The number of carbonyl (C=O) groups excluding carboxylic acids is 1. The molecule has 0 bridgehead atoms. The molecule has 0 spiro atoms. The summed E-state index contributed by atoms with van der Waals surface area (Å²) in [4.78, 5) is 14.8. The maximum atomic E-state index is 14.8. The van der Waals surface area contributed by atoms with E-state index in [-0.39, 0.29) is 34.1 Å². The zero-order valence-corrected chi connectivity index (χ0v) is 26.0. The first-order valence-corrected chi connectivity index (χ1v) is 16.1. The lowest BCUT2D eigenvalue weighted by atomic mass is 9.86. The summed E-state index contributed by atoms with van der Waals surface area (Å²) in [6.45, 7) is 7.93. The van der Waals surface area contributed by atoms with Crippen molar-refractivity contribution in [2.75, 3.05) is 17.9 Å². The summed E-state index contributed by atoms with van der Waals surface area (Å²) >= 11 is 0. The molecule has 7 nitrogen and oxygen atoms in total. The van der Waals surface area contributed by atoms with Gasteiger partial charge in [0.05, 0.1) is 30.2 Å². The van der Waals surface area contributed by atoms with Gasteiger partial charge < -0.3 is 14.4 Å². The third kappa shape index (κ3) is 7.77. The number of nitrogens with zero attached hydrogens (tertiary/aromatic N) is 1. The van der Waals surface area contributed by atoms with Crippen LogP contribution in [0.25, 0.3) is 0 Å². The Morgan fingerprint density at radius 2 is 1.52 bits per heavy atom. The number of sulfonamides is 1. The highest BCUT2D eigenvalue weighted by Crippen LogP contribution is 2.29. The molecular formula is C35H37FN2O5S. The minimum absolute atomic E-state index is 0.00135. The first-order valence-electron chi connectivity index (χ1n) is 14.6. The van der Waals surface area contributed by atoms with E-state index in [9.17, 15) is 17.6 Å². The molecule has 0 radical (unpaired) electrons. The van der Waals surface area contributed by atoms with Gasteiger partial charge >= 0.3 is 0 Å². The first kappa shape index (κ1) is 31.1. The maximum Gasteiger partial charge on any atom is 0.261 e. The quantitative estimate of drug-likeness (QED) is 0.186. The molecule has 0 saturated carbocycles. The molecule has 0 saturated heterocycles. The monoisotopic (exact) mass is 616 g/mol. The number of hydrogen-bond acceptors (Lipinski definition) is 5. The number of anilines is 1. The van der Waals surface area contributed by atoms with Gasteiger partial charge in [-0.1, -0.05) is 69.3 Å². The molecule has 0 aromatic heterocycles. The van der Waals surface area contributed by atoms with E-state index in [1.165, 1.54) is 23.8 Å². The number of hydrogen-bond donors (Lipinski definition) is 1. The van der Waals surface area contributed by atoms with Gasteiger partial charge in [0, 0.05) is 25.6 Å². The zero-order valence-electron chi connectivity index (χ0n) is 25.2. The average Bonchev–Trinajstić information content (AvgIpc) is 3.43. The van der Waals surface area contributed by atoms with E-state index >= 15 is 0 Å². The molecule has 5 rings (SSSR count). The van der Waals surface area contributed by atoms with E-state index in [2.05, 4.69) is 37.6 Å². The van der Waals surface area contributed by atoms with Gasteiger partial charge in [0.2, 0.25) is 5.91 Å². The molecular weight excluding hydrogens is 579 g/mol. The van der Waals surface area contributed by atoms with Gasteiger partial charge in [-0.25, -0.2) is 12.8 Å². The van der Waals surface area contributed by atoms with E-state index < -0.39 is 15.8 Å². The fourth-order valence-corrected chi connectivity index (χ4v) is 6.07. The third-order valence-electron chi connectivity index (χ3n) is 7.49. The molecule has 1 aliphatic rings. The Kier molecular flexibility index (Phi) is 9.25. The number of halogens is 1. The number of rotatable bonds is 11. The minimum Gasteiger partial charge on any atom is -0.493 e. The van der Waals surface area contributed by atoms with Crippen molar-refractivity contribution in [2.24, 2.45) is 0 Å². The van der Waals surface area contributed by atoms with Crippen LogP contribution in [0.5, 0.6) is 11.5 Å². The number of fused-ring (bicyclic) bond motifs is 1. The number of nitrogens with one attached hydrogen (secondary N) is 1. The van der Waals surface area contributed by atoms with Crippen molar-refractivity contribution in [1.29, 1.82) is 0 Å². The molecule has 1 amide bonds. The number of para-hydroxylation sites is 1. The Hall–Kier alpha value is -4.37. The number of carbonyl (C=O) groups is 1. The van der Waals surface area contributed by atoms with E-state index in [0.29, 0.717) is 32.7 Å². The molecule has 0 fully saturated rings. The van der Waals surface area contributed by atoms with E-state index in [0.717, 1.165) is 28.5 Å². The molecule has 1 heterocycles. The third-order valence-corrected chi connectivity index (χ3v) is 8.86. The van der Waals surface area contributed by atoms with Gasteiger partial charge in [-0.3, -0.25) is 9.52 Å². The zero-order chi connectivity index (χ0) is 31.3. The van der Waals surface area contributed by atoms with E-state index in [1.54, 1.807) is 17.0 Å². The van der Waals surface area contributed by atoms with Crippen molar-refractivity contribution in [2.45, 2.75) is 57.0 Å². The molecule has 0 unspecified atom stereocenters. The summed E-state index contributed by atoms with van der Waals surface area (Å²) in [7, 11) is -4.07. The van der Waals surface area contributed by atoms with Gasteiger partial charge in [0.15, 0.2) is 5.82 Å². The van der Waals surface area contributed by atoms with Crippen LogP contribution >= 0.6 is 0 Å². The van der Waals surface area contributed by atoms with Crippen LogP contribution in [0.2, 0.25) is 0 Å². The summed E-state index contributed by atoms with van der Waals surface area (Å²) in [5, 5.41) is 0. The van der Waals surface area contributed by atoms with Crippen molar-refractivity contribution in [3.8, 4) is 11.5 Å². The Morgan fingerprint density at radius 1 is 0.841 bits per heavy atom. The maximum absolute atomic E-state index is 14.8. The topological polar surface area (TPSA) is 84.9 Å². The van der Waals surface area contributed by atoms with Crippen LogP contribution in [0.15, 0.2) is 95.9 Å². The van der Waals surface area contributed by atoms with Crippen LogP contribution in [-0.4, -0.2) is 32.4 Å². The second-order valence-corrected chi connectivity index (χ2v) is 13.6. The predicted octanol–water partition coefficient (Wildman–Crippen LogP) is 6.86. The number of amides is 1. The molecule has 230 valence electrons. The van der Waals surface area contributed by atoms with Crippen LogP contribution in [0.1, 0.15) is 49.4 Å². The SMILES string of the molecule is CC(C)(C)c1ccc(CC(=O)N2Cc3ccc(S(=O)(=O)Nc4ccc(OCCCOc5ccccc5)cc4F)cc3C2)cc1. The Labute approximate surface area is 258 Å². The molecule has 4 aromatic rings. The average molecular weight is 617 g/mol. The predicted molar refractivity (Wildman–Crippen MR) is 169 cm³/mol. The summed E-state index contributed by atoms with van der Waals surface area (Å²) in [5.74, 6) is 0.278. The van der Waals surface area contributed by atoms with Gasteiger partial charge in [-0.2, -0.15) is 0 Å². The van der Waals surface area contributed by atoms with Crippen LogP contribution < -0.4 is 14.2 Å². The summed E-state index contributed by atoms with van der Waals surface area (Å²) in [6.07, 6.45) is 0.863. The van der Waals surface area contributed by atoms with Crippen molar-refractivity contribution in [3.05, 3.63) is 119 Å². The Balaban J connectivity index is 1.15. The highest BCUT2D eigenvalue weighted by atomic mass is 32.2. The van der Waals surface area contributed by atoms with Gasteiger partial charge in [0.1, 0.15) is 11.5 Å². The highest BCUT2D eigenvalue weighted by Gasteiger charge is 2.26. The van der Waals surface area contributed by atoms with Crippen LogP contribution in [0.3, 0.4) is 0 Å². The Morgan fingerprint density at radius 3 is 2.20 bits per heavy atom. The first-order chi connectivity index (χ1) is 21.0. The fraction of sp³-hybridized carbons (Fsp3) is 0.286. The van der Waals surface area contributed by atoms with Crippen LogP contribution in [0.4, 0.5) is 10.1 Å². The van der Waals surface area contributed by atoms with Crippen molar-refractivity contribution in [1.82, 2.24) is 4.90 Å². The normalized spacial score (nSPS) is 13.0. The molecule has 4 aromatic carbocycles. The van der Waals surface area contributed by atoms with E-state index in [1.807, 2.05) is 42.5 Å². The van der Waals surface area contributed by atoms with Crippen LogP contribution in [-0.2, 0) is 39.7 Å². The molecule has 44 heavy (non-hydrogen) atoms. The van der Waals surface area contributed by atoms with Gasteiger partial charge in [-0.15, -0.1) is 0 Å². The molecule has 1 N–H and O–H groups in total. The lowest BCUT2D eigenvalue weighted by molar-refractivity contribution is -0.131. The minimum atomic E-state index is -4.07. The number of benzene rings is 4. The van der Waals surface area contributed by atoms with Crippen molar-refractivity contribution in [3.63, 3.8) is 0 Å². The summed E-state index contributed by atoms with van der Waals surface area (Å²) in [5.41, 5.74) is 3.64. The van der Waals surface area contributed by atoms with Crippen molar-refractivity contribution >= 4 is 21.6 Å². The van der Waals surface area contributed by atoms with Gasteiger partial charge in [-0.05, 0) is 64.1 Å². The smallest absolute Gasteiger partial charge is 0.261 e. The molecule has 0 atom stereocenters. The summed E-state index contributed by atoms with van der Waals surface area (Å²) < 4.78 is 54.7. The van der Waals surface area contributed by atoms with Gasteiger partial charge in [0.25, 0.3) is 10.0 Å². The van der Waals surface area contributed by atoms with E-state index in [4.69, 9.17) is 9.47 Å². The second-order valence-electron chi connectivity index (χ2n) is 11.9. The number of ether oxygens (including phenoxy) is 2. The second kappa shape index (κ2) is 13.1. The highest BCUT2D eigenvalue weighted by molar-refractivity contribution is 7.92. The molecule has 1 aliphatic heterocycles. The standard InChI is InChI=1S/C35H37FN2O5S/c1-35(2,3)28-13-10-25(11-14-28)20-34(39)38-23-26-12-16-31(21-27(26)24-38)44(40,41)37-33-17-15-30(22-32(33)36)43-19-7-18-42-29-8-5-4-6-9-29/h4-6,8-17,21-22,37H,7,18-20,23-24H2,1-3H3. The van der Waals surface area contributed by atoms with Crippen molar-refractivity contribution < 1.29 is 27.1 Å². The Bertz CT molecular complexity index is 1720. The summed E-state index contributed by atoms with van der Waals surface area (Å²) in [6, 6.07) is 26.2. The molecule has 0 aliphatic carbocycles. The lowest BCUT2D eigenvalue weighted by Crippen LogP contribution is -2.26. The fourth-order valence-electron chi connectivity index (χ4n) is 4.95.